The summed E-state index contributed by atoms with van der Waals surface area (Å²) in [6.45, 7) is 9.26. The number of hydrogen-bond acceptors (Lipinski definition) is 9. The number of nitrogens with one attached hydrogen (secondary N) is 1. The van der Waals surface area contributed by atoms with Crippen LogP contribution in [0.25, 0.3) is 11.2 Å². The Balaban J connectivity index is 1.76. The summed E-state index contributed by atoms with van der Waals surface area (Å²) in [6.07, 6.45) is -2.01. The van der Waals surface area contributed by atoms with Gasteiger partial charge in [-0.05, 0) is 51.8 Å². The number of nitrogens with zero attached hydrogens (tertiary/aromatic N) is 4. The smallest absolute Gasteiger partial charge is 0.465 e. The minimum atomic E-state index is -4.81. The molecule has 1 unspecified atom stereocenters. The van der Waals surface area contributed by atoms with E-state index in [1.807, 2.05) is 6.92 Å². The van der Waals surface area contributed by atoms with Crippen molar-refractivity contribution in [2.45, 2.75) is 66.1 Å². The third-order valence-corrected chi connectivity index (χ3v) is 8.86. The Morgan fingerprint density at radius 3 is 2.46 bits per heavy atom. The number of rotatable bonds is 14. The lowest BCUT2D eigenvalue weighted by Gasteiger charge is -2.31. The van der Waals surface area contributed by atoms with Crippen molar-refractivity contribution < 1.29 is 36.7 Å². The number of ether oxygens (including phenoxy) is 3. The molecule has 3 rings (SSSR count). The maximum atomic E-state index is 14.3. The summed E-state index contributed by atoms with van der Waals surface area (Å²) in [5.74, 6) is -0.606. The highest BCUT2D eigenvalue weighted by Gasteiger charge is 2.39. The van der Waals surface area contributed by atoms with E-state index in [1.165, 1.54) is 30.6 Å². The zero-order valence-electron chi connectivity index (χ0n) is 23.6. The predicted octanol–water partition coefficient (Wildman–Crippen LogP) is 5.28. The maximum Gasteiger partial charge on any atom is 0.573 e. The molecule has 0 bridgehead atoms. The molecule has 1 aromatic carbocycles. The molecule has 0 fully saturated rings. The van der Waals surface area contributed by atoms with Gasteiger partial charge in [0.05, 0.1) is 31.0 Å². The number of anilines is 1. The molecule has 0 aliphatic rings. The fraction of sp³-hybridized carbons (Fsp3) is 0.538. The van der Waals surface area contributed by atoms with E-state index < -0.39 is 37.2 Å². The third-order valence-electron chi connectivity index (χ3n) is 6.13. The zero-order chi connectivity index (χ0) is 30.4. The second-order valence-electron chi connectivity index (χ2n) is 10.5. The molecule has 3 N–H and O–H groups in total. The first-order valence-corrected chi connectivity index (χ1v) is 15.1. The lowest BCUT2D eigenvalue weighted by molar-refractivity contribution is -0.274. The van der Waals surface area contributed by atoms with E-state index in [2.05, 4.69) is 24.8 Å². The van der Waals surface area contributed by atoms with Crippen molar-refractivity contribution in [2.24, 2.45) is 5.41 Å². The Labute approximate surface area is 236 Å². The molecule has 226 valence electrons. The number of esters is 1. The first kappa shape index (κ1) is 32.3. The van der Waals surface area contributed by atoms with Gasteiger partial charge in [-0.2, -0.15) is 0 Å². The molecule has 15 heteroatoms. The van der Waals surface area contributed by atoms with E-state index >= 15 is 0 Å². The van der Waals surface area contributed by atoms with Gasteiger partial charge in [0.25, 0.3) is 0 Å². The van der Waals surface area contributed by atoms with Crippen molar-refractivity contribution in [3.05, 3.63) is 42.5 Å². The zero-order valence-corrected chi connectivity index (χ0v) is 24.5. The Kier molecular flexibility index (Phi) is 10.4. The number of carbonyl (C=O) groups excluding carboxylic acids is 1. The van der Waals surface area contributed by atoms with Gasteiger partial charge in [0.1, 0.15) is 23.9 Å². The molecule has 2 aromatic heterocycles. The average molecular weight is 601 g/mol. The summed E-state index contributed by atoms with van der Waals surface area (Å²) in [5, 5.41) is 3.10. The average Bonchev–Trinajstić information content (AvgIpc) is 3.29. The van der Waals surface area contributed by atoms with Crippen molar-refractivity contribution in [1.82, 2.24) is 24.6 Å². The lowest BCUT2D eigenvalue weighted by Crippen LogP contribution is -2.35. The van der Waals surface area contributed by atoms with Gasteiger partial charge >= 0.3 is 12.3 Å². The Morgan fingerprint density at radius 2 is 1.83 bits per heavy atom. The van der Waals surface area contributed by atoms with Crippen LogP contribution in [-0.2, 0) is 25.4 Å². The summed E-state index contributed by atoms with van der Waals surface area (Å²) < 4.78 is 69.0. The van der Waals surface area contributed by atoms with Gasteiger partial charge in [0.2, 0.25) is 0 Å². The molecule has 0 saturated carbocycles. The molecule has 0 spiro atoms. The summed E-state index contributed by atoms with van der Waals surface area (Å²) in [6, 6.07) is 4.71. The number of fused-ring (bicyclic) bond motifs is 1. The molecule has 0 aliphatic heterocycles. The minimum Gasteiger partial charge on any atom is -0.465 e. The monoisotopic (exact) mass is 600 g/mol. The highest BCUT2D eigenvalue weighted by atomic mass is 31.2. The number of nitrogens with two attached hydrogens (primary N) is 1. The van der Waals surface area contributed by atoms with E-state index in [0.717, 1.165) is 0 Å². The summed E-state index contributed by atoms with van der Waals surface area (Å²) >= 11 is 0. The quantitative estimate of drug-likeness (QED) is 0.185. The largest absolute Gasteiger partial charge is 0.573 e. The molecule has 3 aromatic rings. The van der Waals surface area contributed by atoms with Crippen LogP contribution in [0.2, 0.25) is 0 Å². The van der Waals surface area contributed by atoms with Crippen molar-refractivity contribution in [2.75, 3.05) is 24.9 Å². The number of imidazole rings is 1. The van der Waals surface area contributed by atoms with Gasteiger partial charge < -0.3 is 29.1 Å². The molecule has 41 heavy (non-hydrogen) atoms. The molecule has 3 atom stereocenters. The number of carbonyl (C=O) groups is 1. The molecule has 2 heterocycles. The normalized spacial score (nSPS) is 15.3. The fourth-order valence-corrected chi connectivity index (χ4v) is 7.23. The molecule has 11 nitrogen and oxygen atoms in total. The first-order valence-electron chi connectivity index (χ1n) is 13.0. The van der Waals surface area contributed by atoms with Crippen LogP contribution < -0.4 is 15.6 Å². The molecule has 0 radical (unpaired) electrons. The maximum absolute atomic E-state index is 14.3. The van der Waals surface area contributed by atoms with Crippen molar-refractivity contribution in [3.8, 4) is 5.75 Å². The molecular formula is C26H36F3N6O5P. The van der Waals surface area contributed by atoms with Crippen LogP contribution in [0.5, 0.6) is 5.75 Å². The number of benzene rings is 1. The minimum absolute atomic E-state index is 0.0767. The van der Waals surface area contributed by atoms with Crippen molar-refractivity contribution >= 4 is 30.2 Å². The number of nitrogen functional groups attached to an aromatic ring is 1. The van der Waals surface area contributed by atoms with Crippen LogP contribution >= 0.6 is 7.29 Å². The summed E-state index contributed by atoms with van der Waals surface area (Å²) in [4.78, 5) is 25.1. The van der Waals surface area contributed by atoms with Crippen molar-refractivity contribution in [3.63, 3.8) is 0 Å². The van der Waals surface area contributed by atoms with Crippen LogP contribution in [0.15, 0.2) is 36.9 Å². The topological polar surface area (TPSA) is 143 Å². The van der Waals surface area contributed by atoms with Gasteiger partial charge in [0, 0.05) is 12.2 Å². The third kappa shape index (κ3) is 9.14. The van der Waals surface area contributed by atoms with Gasteiger partial charge in [-0.3, -0.25) is 9.88 Å². The number of halogens is 3. The van der Waals surface area contributed by atoms with Crippen LogP contribution in [0.4, 0.5) is 19.0 Å². The van der Waals surface area contributed by atoms with E-state index in [-0.39, 0.29) is 30.7 Å². The highest BCUT2D eigenvalue weighted by Crippen LogP contribution is 2.49. The molecular weight excluding hydrogens is 564 g/mol. The van der Waals surface area contributed by atoms with E-state index in [1.54, 1.807) is 38.6 Å². The predicted molar refractivity (Wildman–Crippen MR) is 147 cm³/mol. The highest BCUT2D eigenvalue weighted by molar-refractivity contribution is 7.61. The van der Waals surface area contributed by atoms with Crippen LogP contribution in [0, 0.1) is 5.41 Å². The SMILES string of the molecule is CCCOC(=O)C(C)(C)CP(=O)(CO[C@H](C)Cn1cnc2c(N)ncnc21)N[C@@H](C)c1ccc(OC(F)(F)F)cc1. The fourth-order valence-electron chi connectivity index (χ4n) is 4.22. The Morgan fingerprint density at radius 1 is 1.15 bits per heavy atom. The van der Waals surface area contributed by atoms with Crippen molar-refractivity contribution in [1.29, 1.82) is 0 Å². The number of aromatic nitrogens is 4. The molecule has 0 saturated heterocycles. The standard InChI is InChI=1S/C26H36F3N6O5P/c1-6-11-38-24(36)25(4,5)13-41(37,34-18(3)19-7-9-20(10-8-19)40-26(27,28)29)16-39-17(2)12-35-15-33-21-22(30)31-14-32-23(21)35/h7-10,14-15,17-18H,6,11-13,16H2,1-5H3,(H,34,37)(H2,30,31,32)/t17-,18+,41?/m1/s1. The Hall–Kier alpha value is -3.22. The van der Waals surface area contributed by atoms with Gasteiger partial charge in [-0.25, -0.2) is 15.0 Å². The van der Waals surface area contributed by atoms with Gasteiger partial charge in [0.15, 0.2) is 18.8 Å². The second kappa shape index (κ2) is 13.2. The van der Waals surface area contributed by atoms with E-state index in [4.69, 9.17) is 15.2 Å². The number of alkyl halides is 3. The van der Waals surface area contributed by atoms with Crippen LogP contribution in [0.1, 0.15) is 52.6 Å². The lowest BCUT2D eigenvalue weighted by atomic mass is 9.97. The van der Waals surface area contributed by atoms with Gasteiger partial charge in [-0.15, -0.1) is 13.2 Å². The molecule has 0 amide bonds. The van der Waals surface area contributed by atoms with Gasteiger partial charge in [-0.1, -0.05) is 19.1 Å². The summed E-state index contributed by atoms with van der Waals surface area (Å²) in [7, 11) is -3.45. The van der Waals surface area contributed by atoms with Crippen LogP contribution in [-0.4, -0.2) is 57.1 Å². The summed E-state index contributed by atoms with van der Waals surface area (Å²) in [5.41, 5.74) is 6.31. The van der Waals surface area contributed by atoms with E-state index in [0.29, 0.717) is 29.7 Å². The number of hydrogen-bond donors (Lipinski definition) is 2. The first-order chi connectivity index (χ1) is 19.1. The Bertz CT molecular complexity index is 1370. The second-order valence-corrected chi connectivity index (χ2v) is 13.1. The molecule has 0 aliphatic carbocycles. The van der Waals surface area contributed by atoms with E-state index in [9.17, 15) is 22.5 Å². The van der Waals surface area contributed by atoms with Crippen LogP contribution in [0.3, 0.4) is 0 Å².